The SMILES string of the molecule is CCOP(=O)(OCC)/C(Cc1c[nH]c2ccccc12)=N\O. The van der Waals surface area contributed by atoms with E-state index in [0.29, 0.717) is 0 Å². The van der Waals surface area contributed by atoms with E-state index in [1.807, 2.05) is 24.3 Å². The Kier molecular flexibility index (Phi) is 5.17. The first-order chi connectivity index (χ1) is 10.1. The minimum absolute atomic E-state index is 0.0101. The standard InChI is InChI=1S/C14H19N2O4P/c1-3-19-21(18,20-4-2)14(16-17)9-11-10-15-13-8-6-5-7-12(11)13/h5-8,10,15,17H,3-4,9H2,1-2H3/b16-14-. The zero-order valence-electron chi connectivity index (χ0n) is 12.1. The van der Waals surface area contributed by atoms with E-state index in [4.69, 9.17) is 9.05 Å². The third-order valence-electron chi connectivity index (χ3n) is 3.05. The number of fused-ring (bicyclic) bond motifs is 1. The van der Waals surface area contributed by atoms with E-state index in [1.54, 1.807) is 20.0 Å². The average Bonchev–Trinajstić information content (AvgIpc) is 2.88. The highest BCUT2D eigenvalue weighted by atomic mass is 31.2. The molecule has 2 rings (SSSR count). The highest BCUT2D eigenvalue weighted by Gasteiger charge is 2.32. The van der Waals surface area contributed by atoms with Gasteiger partial charge < -0.3 is 19.2 Å². The summed E-state index contributed by atoms with van der Waals surface area (Å²) in [5, 5.41) is 13.4. The van der Waals surface area contributed by atoms with Crippen molar-refractivity contribution in [2.75, 3.05) is 13.2 Å². The maximum Gasteiger partial charge on any atom is 0.379 e. The lowest BCUT2D eigenvalue weighted by Gasteiger charge is -2.17. The molecule has 0 atom stereocenters. The maximum atomic E-state index is 12.7. The Bertz CT molecular complexity index is 670. The summed E-state index contributed by atoms with van der Waals surface area (Å²) in [6, 6.07) is 7.73. The number of hydrogen-bond acceptors (Lipinski definition) is 5. The number of para-hydroxylation sites is 1. The smallest absolute Gasteiger partial charge is 0.379 e. The molecular formula is C14H19N2O4P. The molecule has 0 amide bonds. The molecule has 0 saturated heterocycles. The summed E-state index contributed by atoms with van der Waals surface area (Å²) in [4.78, 5) is 3.13. The lowest BCUT2D eigenvalue weighted by Crippen LogP contribution is -2.10. The van der Waals surface area contributed by atoms with Gasteiger partial charge in [0.1, 0.15) is 0 Å². The zero-order chi connectivity index (χ0) is 15.3. The zero-order valence-corrected chi connectivity index (χ0v) is 13.0. The Morgan fingerprint density at radius 2 is 1.95 bits per heavy atom. The molecule has 7 heteroatoms. The van der Waals surface area contributed by atoms with E-state index in [1.165, 1.54) is 0 Å². The van der Waals surface area contributed by atoms with E-state index in [0.717, 1.165) is 16.5 Å². The monoisotopic (exact) mass is 310 g/mol. The summed E-state index contributed by atoms with van der Waals surface area (Å²) in [6.07, 6.45) is 2.00. The van der Waals surface area contributed by atoms with Gasteiger partial charge in [0, 0.05) is 23.5 Å². The normalized spacial score (nSPS) is 13.0. The number of oxime groups is 1. The third kappa shape index (κ3) is 3.35. The van der Waals surface area contributed by atoms with Gasteiger partial charge in [-0.1, -0.05) is 23.4 Å². The molecule has 1 aromatic heterocycles. The van der Waals surface area contributed by atoms with Crippen molar-refractivity contribution in [1.82, 2.24) is 4.98 Å². The van der Waals surface area contributed by atoms with Crippen LogP contribution in [0.4, 0.5) is 0 Å². The third-order valence-corrected chi connectivity index (χ3v) is 5.13. The Labute approximate surface area is 123 Å². The van der Waals surface area contributed by atoms with Crippen molar-refractivity contribution in [2.24, 2.45) is 5.16 Å². The number of aromatic nitrogens is 1. The quantitative estimate of drug-likeness (QED) is 0.353. The maximum absolute atomic E-state index is 12.7. The molecule has 0 bridgehead atoms. The van der Waals surface area contributed by atoms with Crippen molar-refractivity contribution in [3.63, 3.8) is 0 Å². The van der Waals surface area contributed by atoms with Crippen molar-refractivity contribution in [3.8, 4) is 0 Å². The minimum Gasteiger partial charge on any atom is -0.410 e. The second-order valence-electron chi connectivity index (χ2n) is 4.39. The van der Waals surface area contributed by atoms with Crippen LogP contribution in [0.15, 0.2) is 35.6 Å². The van der Waals surface area contributed by atoms with Gasteiger partial charge in [-0.05, 0) is 25.5 Å². The number of benzene rings is 1. The Morgan fingerprint density at radius 3 is 2.57 bits per heavy atom. The molecule has 0 radical (unpaired) electrons. The molecule has 0 spiro atoms. The molecule has 1 aromatic carbocycles. The van der Waals surface area contributed by atoms with Crippen LogP contribution in [0.3, 0.4) is 0 Å². The van der Waals surface area contributed by atoms with Crippen molar-refractivity contribution in [1.29, 1.82) is 0 Å². The van der Waals surface area contributed by atoms with E-state index in [-0.39, 0.29) is 25.1 Å². The Balaban J connectivity index is 2.32. The molecule has 2 N–H and O–H groups in total. The second kappa shape index (κ2) is 6.89. The van der Waals surface area contributed by atoms with Crippen LogP contribution >= 0.6 is 7.60 Å². The first-order valence-corrected chi connectivity index (χ1v) is 8.34. The number of aromatic amines is 1. The Hall–Kier alpha value is -1.62. The van der Waals surface area contributed by atoms with Crippen LogP contribution in [0.25, 0.3) is 10.9 Å². The minimum atomic E-state index is -3.56. The van der Waals surface area contributed by atoms with Crippen molar-refractivity contribution >= 4 is 24.0 Å². The van der Waals surface area contributed by atoms with Crippen LogP contribution in [-0.4, -0.2) is 28.9 Å². The molecule has 21 heavy (non-hydrogen) atoms. The second-order valence-corrected chi connectivity index (χ2v) is 6.41. The van der Waals surface area contributed by atoms with Crippen LogP contribution in [0.5, 0.6) is 0 Å². The van der Waals surface area contributed by atoms with E-state index >= 15 is 0 Å². The number of rotatable bonds is 7. The van der Waals surface area contributed by atoms with Crippen LogP contribution < -0.4 is 0 Å². The van der Waals surface area contributed by atoms with Crippen LogP contribution in [-0.2, 0) is 20.0 Å². The summed E-state index contributed by atoms with van der Waals surface area (Å²) in [7, 11) is -3.56. The van der Waals surface area contributed by atoms with Crippen LogP contribution in [0.2, 0.25) is 0 Å². The lowest BCUT2D eigenvalue weighted by atomic mass is 10.1. The number of nitrogens with one attached hydrogen (secondary N) is 1. The molecular weight excluding hydrogens is 291 g/mol. The molecule has 0 fully saturated rings. The number of H-pyrrole nitrogens is 1. The van der Waals surface area contributed by atoms with Gasteiger partial charge >= 0.3 is 7.60 Å². The molecule has 0 unspecified atom stereocenters. The summed E-state index contributed by atoms with van der Waals surface area (Å²) in [5.41, 5.74) is 1.85. The van der Waals surface area contributed by atoms with E-state index in [9.17, 15) is 9.77 Å². The molecule has 114 valence electrons. The first kappa shape index (κ1) is 15.8. The summed E-state index contributed by atoms with van der Waals surface area (Å²) < 4.78 is 23.1. The molecule has 0 aliphatic carbocycles. The predicted octanol–water partition coefficient (Wildman–Crippen LogP) is 3.76. The van der Waals surface area contributed by atoms with Gasteiger partial charge in [-0.25, -0.2) is 0 Å². The topological polar surface area (TPSA) is 83.9 Å². The summed E-state index contributed by atoms with van der Waals surface area (Å²) in [6.45, 7) is 3.85. The van der Waals surface area contributed by atoms with Crippen molar-refractivity contribution < 1.29 is 18.8 Å². The fourth-order valence-corrected chi connectivity index (χ4v) is 3.69. The van der Waals surface area contributed by atoms with Crippen LogP contribution in [0.1, 0.15) is 19.4 Å². The molecule has 0 aliphatic heterocycles. The number of hydrogen-bond donors (Lipinski definition) is 2. The molecule has 6 nitrogen and oxygen atoms in total. The highest BCUT2D eigenvalue weighted by Crippen LogP contribution is 2.50. The van der Waals surface area contributed by atoms with E-state index in [2.05, 4.69) is 10.1 Å². The van der Waals surface area contributed by atoms with Crippen molar-refractivity contribution in [3.05, 3.63) is 36.0 Å². The lowest BCUT2D eigenvalue weighted by molar-refractivity contribution is 0.230. The molecule has 2 aromatic rings. The first-order valence-electron chi connectivity index (χ1n) is 6.80. The van der Waals surface area contributed by atoms with Gasteiger partial charge in [-0.2, -0.15) is 0 Å². The van der Waals surface area contributed by atoms with Gasteiger partial charge in [-0.15, -0.1) is 0 Å². The van der Waals surface area contributed by atoms with Gasteiger partial charge in [0.2, 0.25) is 0 Å². The molecule has 1 heterocycles. The fourth-order valence-electron chi connectivity index (χ4n) is 2.16. The average molecular weight is 310 g/mol. The highest BCUT2D eigenvalue weighted by molar-refractivity contribution is 7.72. The largest absolute Gasteiger partial charge is 0.410 e. The molecule has 0 saturated carbocycles. The molecule has 0 aliphatic rings. The van der Waals surface area contributed by atoms with Gasteiger partial charge in [-0.3, -0.25) is 4.57 Å². The number of nitrogens with zero attached hydrogens (tertiary/aromatic N) is 1. The predicted molar refractivity (Wildman–Crippen MR) is 82.1 cm³/mol. The summed E-state index contributed by atoms with van der Waals surface area (Å²) >= 11 is 0. The Morgan fingerprint density at radius 1 is 1.29 bits per heavy atom. The van der Waals surface area contributed by atoms with Gasteiger partial charge in [0.05, 0.1) is 13.2 Å². The van der Waals surface area contributed by atoms with Gasteiger partial charge in [0.25, 0.3) is 0 Å². The van der Waals surface area contributed by atoms with Crippen molar-refractivity contribution in [2.45, 2.75) is 20.3 Å². The van der Waals surface area contributed by atoms with Crippen LogP contribution in [0, 0.1) is 0 Å². The fraction of sp³-hybridized carbons (Fsp3) is 0.357. The van der Waals surface area contributed by atoms with E-state index < -0.39 is 7.60 Å². The van der Waals surface area contributed by atoms with Gasteiger partial charge in [0.15, 0.2) is 5.45 Å². The summed E-state index contributed by atoms with van der Waals surface area (Å²) in [5.74, 6) is 0.